The molecule has 0 radical (unpaired) electrons. The minimum atomic E-state index is -1.12. The van der Waals surface area contributed by atoms with E-state index in [0.717, 1.165) is 25.0 Å². The van der Waals surface area contributed by atoms with Crippen LogP contribution in [0.5, 0.6) is 0 Å². The Balaban J connectivity index is 2.31. The number of hydrogen-bond acceptors (Lipinski definition) is 2. The number of rotatable bonds is 6. The normalized spacial score (nSPS) is 12.3. The summed E-state index contributed by atoms with van der Waals surface area (Å²) in [4.78, 5) is 21.5. The predicted molar refractivity (Wildman–Crippen MR) is 69.1 cm³/mol. The number of amides is 1. The number of carboxylic acids is 1. The molecule has 0 saturated carbocycles. The topological polar surface area (TPSA) is 66.4 Å². The predicted octanol–water partition coefficient (Wildman–Crippen LogP) is 1.76. The van der Waals surface area contributed by atoms with Crippen molar-refractivity contribution < 1.29 is 14.7 Å². The van der Waals surface area contributed by atoms with Gasteiger partial charge in [0, 0.05) is 18.2 Å². The lowest BCUT2D eigenvalue weighted by atomic mass is 10.1. The van der Waals surface area contributed by atoms with Gasteiger partial charge in [0.2, 0.25) is 5.91 Å². The second-order valence-electron chi connectivity index (χ2n) is 4.11. The molecule has 1 aromatic carbocycles. The van der Waals surface area contributed by atoms with Crippen molar-refractivity contribution in [1.29, 1.82) is 0 Å². The Morgan fingerprint density at radius 1 is 1.28 bits per heavy atom. The fourth-order valence-electron chi connectivity index (χ4n) is 1.54. The van der Waals surface area contributed by atoms with E-state index in [2.05, 4.69) is 5.32 Å². The second kappa shape index (κ2) is 7.27. The van der Waals surface area contributed by atoms with E-state index < -0.39 is 5.97 Å². The lowest BCUT2D eigenvalue weighted by Gasteiger charge is -2.12. The molecule has 0 aliphatic heterocycles. The maximum absolute atomic E-state index is 11.3. The van der Waals surface area contributed by atoms with Crippen molar-refractivity contribution in [2.24, 2.45) is 0 Å². The Hall–Kier alpha value is -2.10. The van der Waals surface area contributed by atoms with Crippen LogP contribution in [-0.2, 0) is 16.0 Å². The summed E-state index contributed by atoms with van der Waals surface area (Å²) < 4.78 is 0. The number of aliphatic carboxylic acids is 1. The van der Waals surface area contributed by atoms with E-state index in [0.29, 0.717) is 0 Å². The summed E-state index contributed by atoms with van der Waals surface area (Å²) in [5.74, 6) is -1.50. The molecule has 18 heavy (non-hydrogen) atoms. The van der Waals surface area contributed by atoms with Gasteiger partial charge in [0.05, 0.1) is 0 Å². The van der Waals surface area contributed by atoms with Crippen molar-refractivity contribution in [3.05, 3.63) is 48.0 Å². The van der Waals surface area contributed by atoms with Crippen molar-refractivity contribution in [2.75, 3.05) is 0 Å². The van der Waals surface area contributed by atoms with Gasteiger partial charge in [-0.2, -0.15) is 0 Å². The zero-order valence-electron chi connectivity index (χ0n) is 10.3. The lowest BCUT2D eigenvalue weighted by Crippen LogP contribution is -2.31. The fourth-order valence-corrected chi connectivity index (χ4v) is 1.54. The van der Waals surface area contributed by atoms with E-state index in [1.807, 2.05) is 37.3 Å². The van der Waals surface area contributed by atoms with Crippen molar-refractivity contribution >= 4 is 11.9 Å². The first kappa shape index (κ1) is 14.0. The highest BCUT2D eigenvalue weighted by atomic mass is 16.4. The van der Waals surface area contributed by atoms with Crippen LogP contribution in [0.2, 0.25) is 0 Å². The third-order valence-electron chi connectivity index (χ3n) is 2.47. The van der Waals surface area contributed by atoms with Gasteiger partial charge in [-0.3, -0.25) is 4.79 Å². The first-order chi connectivity index (χ1) is 8.58. The van der Waals surface area contributed by atoms with Gasteiger partial charge in [-0.1, -0.05) is 30.3 Å². The molecule has 96 valence electrons. The highest BCUT2D eigenvalue weighted by molar-refractivity contribution is 5.93. The number of carbonyl (C=O) groups is 2. The summed E-state index contributed by atoms with van der Waals surface area (Å²) in [6, 6.07) is 10.0. The molecule has 0 spiro atoms. The van der Waals surface area contributed by atoms with Gasteiger partial charge in [0.15, 0.2) is 0 Å². The molecule has 1 amide bonds. The van der Waals surface area contributed by atoms with Crippen LogP contribution in [0.15, 0.2) is 42.5 Å². The van der Waals surface area contributed by atoms with Gasteiger partial charge < -0.3 is 10.4 Å². The first-order valence-electron chi connectivity index (χ1n) is 5.83. The number of benzene rings is 1. The maximum Gasteiger partial charge on any atom is 0.328 e. The van der Waals surface area contributed by atoms with Crippen molar-refractivity contribution in [1.82, 2.24) is 5.32 Å². The Kier molecular flexibility index (Phi) is 5.64. The van der Waals surface area contributed by atoms with Crippen molar-refractivity contribution in [3.63, 3.8) is 0 Å². The molecule has 0 aromatic heterocycles. The molecule has 1 aromatic rings. The number of carboxylic acid groups (broad SMARTS) is 1. The van der Waals surface area contributed by atoms with Crippen LogP contribution in [0.3, 0.4) is 0 Å². The number of carbonyl (C=O) groups excluding carboxylic acids is 1. The average molecular weight is 247 g/mol. The van der Waals surface area contributed by atoms with Crippen LogP contribution in [0.1, 0.15) is 18.9 Å². The number of hydrogen-bond donors (Lipinski definition) is 2. The van der Waals surface area contributed by atoms with Gasteiger partial charge in [0.1, 0.15) is 0 Å². The Morgan fingerprint density at radius 2 is 1.94 bits per heavy atom. The zero-order valence-corrected chi connectivity index (χ0v) is 10.3. The van der Waals surface area contributed by atoms with Crippen LogP contribution in [0, 0.1) is 0 Å². The minimum Gasteiger partial charge on any atom is -0.478 e. The van der Waals surface area contributed by atoms with E-state index in [9.17, 15) is 9.59 Å². The van der Waals surface area contributed by atoms with E-state index in [1.165, 1.54) is 5.56 Å². The SMILES string of the molecule is CC(CCc1ccccc1)NC(=O)C=CC(=O)O. The molecule has 0 saturated heterocycles. The Bertz CT molecular complexity index is 426. The molecule has 4 nitrogen and oxygen atoms in total. The summed E-state index contributed by atoms with van der Waals surface area (Å²) >= 11 is 0. The highest BCUT2D eigenvalue weighted by Gasteiger charge is 2.05. The smallest absolute Gasteiger partial charge is 0.328 e. The summed E-state index contributed by atoms with van der Waals surface area (Å²) in [6.45, 7) is 1.90. The Morgan fingerprint density at radius 3 is 2.56 bits per heavy atom. The molecule has 0 heterocycles. The largest absolute Gasteiger partial charge is 0.478 e. The van der Waals surface area contributed by atoms with Gasteiger partial charge >= 0.3 is 5.97 Å². The second-order valence-corrected chi connectivity index (χ2v) is 4.11. The van der Waals surface area contributed by atoms with E-state index in [1.54, 1.807) is 0 Å². The van der Waals surface area contributed by atoms with Crippen molar-refractivity contribution in [2.45, 2.75) is 25.8 Å². The Labute approximate surface area is 106 Å². The van der Waals surface area contributed by atoms with E-state index in [-0.39, 0.29) is 11.9 Å². The lowest BCUT2D eigenvalue weighted by molar-refractivity contribution is -0.131. The molecule has 0 aliphatic rings. The summed E-state index contributed by atoms with van der Waals surface area (Å²) in [7, 11) is 0. The molecule has 4 heteroatoms. The summed E-state index contributed by atoms with van der Waals surface area (Å²) in [5, 5.41) is 11.1. The molecular formula is C14H17NO3. The van der Waals surface area contributed by atoms with Crippen LogP contribution >= 0.6 is 0 Å². The third-order valence-corrected chi connectivity index (χ3v) is 2.47. The van der Waals surface area contributed by atoms with Gasteiger partial charge in [0.25, 0.3) is 0 Å². The monoisotopic (exact) mass is 247 g/mol. The number of aryl methyl sites for hydroxylation is 1. The van der Waals surface area contributed by atoms with E-state index >= 15 is 0 Å². The van der Waals surface area contributed by atoms with Gasteiger partial charge in [-0.15, -0.1) is 0 Å². The molecule has 0 aliphatic carbocycles. The van der Waals surface area contributed by atoms with Gasteiger partial charge in [-0.05, 0) is 25.3 Å². The van der Waals surface area contributed by atoms with E-state index in [4.69, 9.17) is 5.11 Å². The average Bonchev–Trinajstić information content (AvgIpc) is 2.35. The third kappa shape index (κ3) is 5.84. The standard InChI is InChI=1S/C14H17NO3/c1-11(15-13(16)9-10-14(17)18)7-8-12-5-3-2-4-6-12/h2-6,9-11H,7-8H2,1H3,(H,15,16)(H,17,18). The summed E-state index contributed by atoms with van der Waals surface area (Å²) in [5.41, 5.74) is 1.22. The van der Waals surface area contributed by atoms with Crippen LogP contribution < -0.4 is 5.32 Å². The molecule has 2 N–H and O–H groups in total. The molecule has 0 fully saturated rings. The molecular weight excluding hydrogens is 230 g/mol. The molecule has 1 atom stereocenters. The number of nitrogens with one attached hydrogen (secondary N) is 1. The fraction of sp³-hybridized carbons (Fsp3) is 0.286. The molecule has 0 bridgehead atoms. The maximum atomic E-state index is 11.3. The van der Waals surface area contributed by atoms with Crippen molar-refractivity contribution in [3.8, 4) is 0 Å². The van der Waals surface area contributed by atoms with Gasteiger partial charge in [-0.25, -0.2) is 4.79 Å². The quantitative estimate of drug-likeness (QED) is 0.753. The summed E-state index contributed by atoms with van der Waals surface area (Å²) in [6.07, 6.45) is 3.56. The first-order valence-corrected chi connectivity index (χ1v) is 5.83. The minimum absolute atomic E-state index is 0.0103. The van der Waals surface area contributed by atoms with Crippen LogP contribution in [-0.4, -0.2) is 23.0 Å². The zero-order chi connectivity index (χ0) is 13.4. The molecule has 1 unspecified atom stereocenters. The van der Waals surface area contributed by atoms with Crippen LogP contribution in [0.25, 0.3) is 0 Å². The highest BCUT2D eigenvalue weighted by Crippen LogP contribution is 2.04. The molecule has 1 rings (SSSR count). The van der Waals surface area contributed by atoms with Crippen LogP contribution in [0.4, 0.5) is 0 Å².